The molecule has 8 aromatic carbocycles. The van der Waals surface area contributed by atoms with Crippen molar-refractivity contribution in [2.45, 2.75) is 78.6 Å². The van der Waals surface area contributed by atoms with E-state index in [0.717, 1.165) is 71.5 Å². The number of hydrogen-bond donors (Lipinski definition) is 0. The van der Waals surface area contributed by atoms with Crippen LogP contribution in [0.4, 0.5) is 0 Å². The number of hydrogen-bond acceptors (Lipinski definition) is 2. The Hall–Kier alpha value is -7.33. The van der Waals surface area contributed by atoms with Crippen molar-refractivity contribution in [3.8, 4) is 22.5 Å². The van der Waals surface area contributed by atoms with Crippen molar-refractivity contribution in [3.63, 3.8) is 0 Å². The Morgan fingerprint density at radius 2 is 1.19 bits per heavy atom. The van der Waals surface area contributed by atoms with Crippen LogP contribution in [0.3, 0.4) is 0 Å². The maximum atomic E-state index is 9.39. The van der Waals surface area contributed by atoms with E-state index >= 15 is 0 Å². The molecule has 5 nitrogen and oxygen atoms in total. The second kappa shape index (κ2) is 17.5. The summed E-state index contributed by atoms with van der Waals surface area (Å²) < 4.78 is 49.3. The summed E-state index contributed by atoms with van der Waals surface area (Å²) in [5, 5.41) is 6.11. The van der Waals surface area contributed by atoms with Crippen molar-refractivity contribution in [1.29, 1.82) is 0 Å². The monoisotopic (exact) mass is 1120 g/mol. The van der Waals surface area contributed by atoms with Crippen LogP contribution in [0.25, 0.3) is 105 Å². The number of imidazole rings is 1. The van der Waals surface area contributed by atoms with Gasteiger partial charge in [-0.2, -0.15) is 24.3 Å². The third kappa shape index (κ3) is 8.18. The molecule has 10 bridgehead atoms. The van der Waals surface area contributed by atoms with E-state index in [-0.39, 0.29) is 61.5 Å². The first-order valence-corrected chi connectivity index (χ1v) is 24.4. The third-order valence-corrected chi connectivity index (χ3v) is 14.0. The Bertz CT molecular complexity index is 4490. The SMILES string of the molecule is [2H]c1c([2H])c([2H])c2c(c1[2H])c1ccc3[c-]c1n2c1cc(C(C)(C)C)cc(n1)c1cccc(c1)c1ccccc1c1cc(C(C)(C)C)cc(-c2cccc(C(C)(C)C)c2)c1n1[cH-]n(c2[c-]c(ccc2)o3)-c2ccccc2-1.[Pt]. The van der Waals surface area contributed by atoms with Crippen molar-refractivity contribution in [3.05, 3.63) is 211 Å². The zero-order valence-corrected chi connectivity index (χ0v) is 44.3. The van der Waals surface area contributed by atoms with Gasteiger partial charge < -0.3 is 18.0 Å². The fourth-order valence-corrected chi connectivity index (χ4v) is 10.1. The number of aromatic nitrogens is 4. The largest absolute Gasteiger partial charge is 0.510 e. The van der Waals surface area contributed by atoms with Crippen LogP contribution < -0.4 is 0 Å². The molecule has 0 atom stereocenters. The van der Waals surface area contributed by atoms with Gasteiger partial charge in [-0.1, -0.05) is 189 Å². The van der Waals surface area contributed by atoms with Gasteiger partial charge in [-0.15, -0.1) is 29.1 Å². The molecular formula is C66H57N4OPt-3. The van der Waals surface area contributed by atoms with E-state index in [9.17, 15) is 2.74 Å². The van der Waals surface area contributed by atoms with Crippen LogP contribution in [0.5, 0.6) is 0 Å². The average Bonchev–Trinajstić information content (AvgIpc) is 3.97. The molecule has 0 aliphatic carbocycles. The fourth-order valence-electron chi connectivity index (χ4n) is 10.1. The van der Waals surface area contributed by atoms with Crippen molar-refractivity contribution in [2.24, 2.45) is 0 Å². The van der Waals surface area contributed by atoms with Crippen LogP contribution in [-0.4, -0.2) is 18.5 Å². The molecule has 0 spiro atoms. The minimum Gasteiger partial charge on any atom is -0.510 e. The van der Waals surface area contributed by atoms with E-state index < -0.39 is 0 Å². The van der Waals surface area contributed by atoms with E-state index in [1.807, 2.05) is 34.7 Å². The van der Waals surface area contributed by atoms with Gasteiger partial charge >= 0.3 is 0 Å². The van der Waals surface area contributed by atoms with Gasteiger partial charge in [0.15, 0.2) is 0 Å². The van der Waals surface area contributed by atoms with Gasteiger partial charge in [0.05, 0.1) is 11.0 Å². The summed E-state index contributed by atoms with van der Waals surface area (Å²) in [5.41, 5.74) is 11.8. The fraction of sp³-hybridized carbons (Fsp3) is 0.182. The van der Waals surface area contributed by atoms with Crippen LogP contribution in [-0.2, 0) is 37.3 Å². The Kier molecular flexibility index (Phi) is 10.3. The third-order valence-electron chi connectivity index (χ3n) is 14.0. The predicted molar refractivity (Wildman–Crippen MR) is 299 cm³/mol. The van der Waals surface area contributed by atoms with Gasteiger partial charge in [0.1, 0.15) is 5.65 Å². The smallest absolute Gasteiger partial charge is 0.136 e. The molecule has 0 saturated carbocycles. The molecule has 0 radical (unpaired) electrons. The Morgan fingerprint density at radius 1 is 0.528 bits per heavy atom. The summed E-state index contributed by atoms with van der Waals surface area (Å²) >= 11 is 0. The standard InChI is InChI=1S/C66H57N4O.Pt/c1-64(2,3)45-22-17-20-43(34-45)55-35-46(65(4,5)6)36-56-52-26-11-10-25-51(52)42-19-16-21-44(33-42)57-37-47(66(7,8)9)38-62(67-57)70-58-28-13-12-27-53(58)54-32-31-50(40-61(54)70)71-49-24-18-23-48(39-49)68-41-69(63(55)56)60-30-15-14-29-59(60)68;/h10-38,41H,1-9H3;/q-3;/i12D,13D,27D,28D;. The summed E-state index contributed by atoms with van der Waals surface area (Å²) in [4.78, 5) is 5.44. The Balaban J connectivity index is 0.00000616. The first kappa shape index (κ1) is 42.4. The zero-order valence-electron chi connectivity index (χ0n) is 46.0. The number of fused-ring (bicyclic) bond motifs is 23. The number of pyridine rings is 1. The molecule has 360 valence electrons. The second-order valence-corrected chi connectivity index (χ2v) is 22.0. The Morgan fingerprint density at radius 3 is 1.97 bits per heavy atom. The van der Waals surface area contributed by atoms with Crippen LogP contribution in [0, 0.1) is 12.1 Å². The summed E-state index contributed by atoms with van der Waals surface area (Å²) in [5.74, 6) is 0. The molecule has 0 unspecified atom stereocenters. The van der Waals surface area contributed by atoms with Crippen molar-refractivity contribution in [1.82, 2.24) is 18.5 Å². The van der Waals surface area contributed by atoms with Crippen LogP contribution in [0.2, 0.25) is 0 Å². The predicted octanol–water partition coefficient (Wildman–Crippen LogP) is 17.7. The molecule has 11 aromatic rings. The molecule has 0 N–H and O–H groups in total. The minimum absolute atomic E-state index is 0. The van der Waals surface area contributed by atoms with Crippen molar-refractivity contribution >= 4 is 82.1 Å². The molecule has 0 saturated heterocycles. The summed E-state index contributed by atoms with van der Waals surface area (Å²) in [6.45, 7) is 20.2. The summed E-state index contributed by atoms with van der Waals surface area (Å²) in [6.07, 6.45) is 2.18. The van der Waals surface area contributed by atoms with Gasteiger partial charge in [-0.05, 0) is 112 Å². The molecule has 6 heteroatoms. The first-order chi connectivity index (χ1) is 35.7. The van der Waals surface area contributed by atoms with Crippen LogP contribution in [0.1, 0.15) is 84.5 Å². The van der Waals surface area contributed by atoms with E-state index in [1.165, 1.54) is 11.1 Å². The van der Waals surface area contributed by atoms with E-state index in [0.29, 0.717) is 38.6 Å². The molecule has 72 heavy (non-hydrogen) atoms. The molecule has 4 heterocycles. The van der Waals surface area contributed by atoms with Crippen molar-refractivity contribution < 1.29 is 31.0 Å². The van der Waals surface area contributed by atoms with E-state index in [2.05, 4.69) is 205 Å². The molecule has 1 aliphatic heterocycles. The Labute approximate surface area is 441 Å². The van der Waals surface area contributed by atoms with Crippen LogP contribution >= 0.6 is 0 Å². The number of benzene rings is 8. The topological polar surface area (TPSA) is 40.3 Å². The molecule has 3 aromatic heterocycles. The van der Waals surface area contributed by atoms with E-state index in [4.69, 9.17) is 12.1 Å². The van der Waals surface area contributed by atoms with E-state index in [1.54, 1.807) is 6.07 Å². The number of para-hydroxylation sites is 3. The second-order valence-electron chi connectivity index (χ2n) is 22.0. The average molecular weight is 1120 g/mol. The maximum Gasteiger partial charge on any atom is 0.136 e. The summed E-state index contributed by atoms with van der Waals surface area (Å²) in [6, 6.07) is 59.6. The number of nitrogens with zero attached hydrogens (tertiary/aromatic N) is 4. The van der Waals surface area contributed by atoms with Crippen molar-refractivity contribution in [2.75, 3.05) is 0 Å². The quantitative estimate of drug-likeness (QED) is 0.154. The van der Waals surface area contributed by atoms with Gasteiger partial charge in [-0.3, -0.25) is 0 Å². The van der Waals surface area contributed by atoms with Gasteiger partial charge in [0, 0.05) is 49.5 Å². The first-order valence-electron chi connectivity index (χ1n) is 26.4. The molecule has 0 fully saturated rings. The molecule has 1 aliphatic rings. The number of rotatable bonds is 1. The van der Waals surface area contributed by atoms with Gasteiger partial charge in [-0.25, -0.2) is 4.98 Å². The molecular weight excluding hydrogens is 1060 g/mol. The summed E-state index contributed by atoms with van der Waals surface area (Å²) in [7, 11) is 0. The minimum atomic E-state index is -0.335. The van der Waals surface area contributed by atoms with Crippen LogP contribution in [0.15, 0.2) is 187 Å². The van der Waals surface area contributed by atoms with Gasteiger partial charge in [0.25, 0.3) is 0 Å². The molecule has 12 rings (SSSR count). The zero-order chi connectivity index (χ0) is 52.5. The normalized spacial score (nSPS) is 13.2. The maximum absolute atomic E-state index is 9.39. The van der Waals surface area contributed by atoms with Gasteiger partial charge in [0.2, 0.25) is 0 Å². The molecule has 0 amide bonds.